The zero-order valence-electron chi connectivity index (χ0n) is 12.9. The first-order chi connectivity index (χ1) is 10.2. The third-order valence-electron chi connectivity index (χ3n) is 2.68. The minimum Gasteiger partial charge on any atom is -0.506 e. The number of benzene rings is 1. The summed E-state index contributed by atoms with van der Waals surface area (Å²) in [5.41, 5.74) is 5.76. The van der Waals surface area contributed by atoms with Gasteiger partial charge in [-0.1, -0.05) is 11.3 Å². The van der Waals surface area contributed by atoms with Crippen LogP contribution in [0, 0.1) is 0 Å². The van der Waals surface area contributed by atoms with Crippen molar-refractivity contribution in [3.63, 3.8) is 0 Å². The summed E-state index contributed by atoms with van der Waals surface area (Å²) < 4.78 is 6.13. The molecule has 0 saturated carbocycles. The van der Waals surface area contributed by atoms with Gasteiger partial charge in [-0.2, -0.15) is 0 Å². The molecule has 0 bridgehead atoms. The molecule has 2 rings (SSSR count). The number of phenolic OH excluding ortho intramolecular Hbond substituents is 1. The van der Waals surface area contributed by atoms with E-state index in [-0.39, 0.29) is 11.7 Å². The van der Waals surface area contributed by atoms with E-state index in [1.54, 1.807) is 17.8 Å². The van der Waals surface area contributed by atoms with Crippen LogP contribution in [0.2, 0.25) is 0 Å². The molecule has 0 amide bonds. The van der Waals surface area contributed by atoms with Crippen LogP contribution in [0.15, 0.2) is 17.0 Å². The minimum atomic E-state index is -0.437. The van der Waals surface area contributed by atoms with Crippen LogP contribution in [-0.2, 0) is 9.53 Å². The van der Waals surface area contributed by atoms with Gasteiger partial charge < -0.3 is 15.6 Å². The lowest BCUT2D eigenvalue weighted by Gasteiger charge is -2.19. The Hall–Kier alpha value is -1.47. The molecule has 1 heterocycles. The van der Waals surface area contributed by atoms with E-state index in [4.69, 9.17) is 10.5 Å². The van der Waals surface area contributed by atoms with Gasteiger partial charge in [0.25, 0.3) is 0 Å². The highest BCUT2D eigenvalue weighted by Crippen LogP contribution is 2.35. The van der Waals surface area contributed by atoms with Crippen molar-refractivity contribution in [2.24, 2.45) is 0 Å². The molecular weight excluding hydrogens is 320 g/mol. The summed E-state index contributed by atoms with van der Waals surface area (Å²) >= 11 is 2.94. The highest BCUT2D eigenvalue weighted by atomic mass is 32.2. The Morgan fingerprint density at radius 2 is 2.18 bits per heavy atom. The number of fused-ring (bicyclic) bond motifs is 1. The normalized spacial score (nSPS) is 11.8. The van der Waals surface area contributed by atoms with Crippen molar-refractivity contribution >= 4 is 44.4 Å². The van der Waals surface area contributed by atoms with Gasteiger partial charge in [-0.3, -0.25) is 4.79 Å². The van der Waals surface area contributed by atoms with Gasteiger partial charge in [-0.15, -0.1) is 11.8 Å². The Labute approximate surface area is 137 Å². The Bertz CT molecular complexity index is 677. The number of hydrogen-bond acceptors (Lipinski definition) is 7. The van der Waals surface area contributed by atoms with Crippen LogP contribution >= 0.6 is 23.1 Å². The molecule has 22 heavy (non-hydrogen) atoms. The molecule has 0 fully saturated rings. The molecule has 3 N–H and O–H groups in total. The maximum atomic E-state index is 11.6. The number of hydrogen-bond donors (Lipinski definition) is 2. The maximum Gasteiger partial charge on any atom is 0.306 e. The van der Waals surface area contributed by atoms with Gasteiger partial charge in [0.15, 0.2) is 5.13 Å². The molecule has 5 nitrogen and oxygen atoms in total. The quantitative estimate of drug-likeness (QED) is 0.489. The Balaban J connectivity index is 1.86. The molecule has 0 spiro atoms. The zero-order valence-corrected chi connectivity index (χ0v) is 14.5. The molecule has 0 saturated heterocycles. The largest absolute Gasteiger partial charge is 0.506 e. The fourth-order valence-corrected chi connectivity index (χ4v) is 3.68. The number of phenols is 1. The highest BCUT2D eigenvalue weighted by molar-refractivity contribution is 7.99. The first-order valence-corrected chi connectivity index (χ1v) is 8.78. The monoisotopic (exact) mass is 340 g/mol. The third-order valence-corrected chi connectivity index (χ3v) is 4.57. The van der Waals surface area contributed by atoms with Gasteiger partial charge in [0, 0.05) is 11.3 Å². The lowest BCUT2D eigenvalue weighted by Crippen LogP contribution is -2.23. The molecule has 0 aliphatic heterocycles. The number of thiazole rings is 1. The lowest BCUT2D eigenvalue weighted by molar-refractivity contribution is -0.154. The van der Waals surface area contributed by atoms with E-state index in [1.807, 2.05) is 26.8 Å². The second-order valence-electron chi connectivity index (χ2n) is 5.88. The Morgan fingerprint density at radius 3 is 2.86 bits per heavy atom. The van der Waals surface area contributed by atoms with E-state index in [9.17, 15) is 9.90 Å². The molecule has 1 aromatic carbocycles. The second-order valence-corrected chi connectivity index (χ2v) is 8.11. The van der Waals surface area contributed by atoms with Crippen LogP contribution in [0.3, 0.4) is 0 Å². The summed E-state index contributed by atoms with van der Waals surface area (Å²) in [4.78, 5) is 16.6. The number of nitrogen functional groups attached to an aromatic ring is 1. The highest BCUT2D eigenvalue weighted by Gasteiger charge is 2.15. The van der Waals surface area contributed by atoms with E-state index in [2.05, 4.69) is 4.98 Å². The molecule has 7 heteroatoms. The average Bonchev–Trinajstić information content (AvgIpc) is 2.74. The number of rotatable bonds is 5. The topological polar surface area (TPSA) is 85.4 Å². The molecule has 0 atom stereocenters. The lowest BCUT2D eigenvalue weighted by atomic mass is 10.2. The van der Waals surface area contributed by atoms with E-state index in [0.29, 0.717) is 17.1 Å². The number of nitrogens with zero attached hydrogens (tertiary/aromatic N) is 1. The fourth-order valence-electron chi connectivity index (χ4n) is 1.89. The van der Waals surface area contributed by atoms with Gasteiger partial charge in [-0.25, -0.2) is 4.98 Å². The molecule has 0 unspecified atom stereocenters. The van der Waals surface area contributed by atoms with Crippen LogP contribution in [0.25, 0.3) is 10.2 Å². The number of ether oxygens (including phenoxy) is 1. The van der Waals surface area contributed by atoms with E-state index in [0.717, 1.165) is 21.8 Å². The number of aromatic nitrogens is 1. The van der Waals surface area contributed by atoms with Crippen molar-refractivity contribution in [2.45, 2.75) is 44.1 Å². The van der Waals surface area contributed by atoms with Gasteiger partial charge in [0.05, 0.1) is 4.70 Å². The predicted octanol–water partition coefficient (Wildman–Crippen LogP) is 3.80. The molecule has 0 aliphatic carbocycles. The summed E-state index contributed by atoms with van der Waals surface area (Å²) in [6.45, 7) is 5.58. The number of nitrogens with two attached hydrogens (primary N) is 1. The molecule has 0 aliphatic rings. The van der Waals surface area contributed by atoms with Crippen LogP contribution in [0.1, 0.15) is 33.6 Å². The number of carbonyl (C=O) groups excluding carboxylic acids is 1. The van der Waals surface area contributed by atoms with Crippen LogP contribution in [0.5, 0.6) is 5.75 Å². The summed E-state index contributed by atoms with van der Waals surface area (Å²) in [5, 5.41) is 10.4. The number of anilines is 1. The predicted molar refractivity (Wildman–Crippen MR) is 91.5 cm³/mol. The van der Waals surface area contributed by atoms with Crippen molar-refractivity contribution in [3.05, 3.63) is 12.1 Å². The van der Waals surface area contributed by atoms with E-state index in [1.165, 1.54) is 11.3 Å². The Kier molecular flexibility index (Phi) is 5.18. The third kappa shape index (κ3) is 4.78. The summed E-state index contributed by atoms with van der Waals surface area (Å²) in [6.07, 6.45) is 1.12. The van der Waals surface area contributed by atoms with Crippen LogP contribution in [-0.4, -0.2) is 27.4 Å². The molecule has 2 aromatic rings. The summed E-state index contributed by atoms with van der Waals surface area (Å²) in [5.74, 6) is 0.736. The van der Waals surface area contributed by atoms with Crippen LogP contribution < -0.4 is 5.73 Å². The summed E-state index contributed by atoms with van der Waals surface area (Å²) in [7, 11) is 0. The van der Waals surface area contributed by atoms with Crippen molar-refractivity contribution in [1.82, 2.24) is 4.98 Å². The first kappa shape index (κ1) is 16.9. The standard InChI is InChI=1S/C15H20N2O3S2/c1-15(2,3)20-12(19)5-4-6-21-9-7-10(18)13-11(8-9)22-14(16)17-13/h7-8,18H,4-6H2,1-3H3,(H2,16,17). The maximum absolute atomic E-state index is 11.6. The number of thioether (sulfide) groups is 1. The number of aromatic hydroxyl groups is 1. The van der Waals surface area contributed by atoms with Gasteiger partial charge in [0.1, 0.15) is 16.9 Å². The zero-order chi connectivity index (χ0) is 16.3. The molecular formula is C15H20N2O3S2. The van der Waals surface area contributed by atoms with Gasteiger partial charge in [-0.05, 0) is 45.1 Å². The Morgan fingerprint density at radius 1 is 1.45 bits per heavy atom. The first-order valence-electron chi connectivity index (χ1n) is 6.98. The van der Waals surface area contributed by atoms with Crippen molar-refractivity contribution in [1.29, 1.82) is 0 Å². The van der Waals surface area contributed by atoms with E-state index < -0.39 is 5.60 Å². The smallest absolute Gasteiger partial charge is 0.306 e. The van der Waals surface area contributed by atoms with Crippen LogP contribution in [0.4, 0.5) is 5.13 Å². The molecule has 0 radical (unpaired) electrons. The number of esters is 1. The van der Waals surface area contributed by atoms with Crippen molar-refractivity contribution < 1.29 is 14.6 Å². The van der Waals surface area contributed by atoms with Crippen molar-refractivity contribution in [2.75, 3.05) is 11.5 Å². The van der Waals surface area contributed by atoms with E-state index >= 15 is 0 Å². The second kappa shape index (κ2) is 6.75. The summed E-state index contributed by atoms with van der Waals surface area (Å²) in [6, 6.07) is 3.64. The molecule has 120 valence electrons. The average molecular weight is 340 g/mol. The number of carbonyl (C=O) groups is 1. The van der Waals surface area contributed by atoms with Gasteiger partial charge >= 0.3 is 5.97 Å². The van der Waals surface area contributed by atoms with Gasteiger partial charge in [0.2, 0.25) is 0 Å². The van der Waals surface area contributed by atoms with Crippen molar-refractivity contribution in [3.8, 4) is 5.75 Å². The SMILES string of the molecule is CC(C)(C)OC(=O)CCCSc1cc(O)c2nc(N)sc2c1. The fraction of sp³-hybridized carbons (Fsp3) is 0.467. The minimum absolute atomic E-state index is 0.139. The molecule has 1 aromatic heterocycles.